The van der Waals surface area contributed by atoms with E-state index in [0.717, 1.165) is 18.8 Å². The fourth-order valence-corrected chi connectivity index (χ4v) is 3.35. The molecule has 0 aliphatic heterocycles. The maximum atomic E-state index is 12.0. The van der Waals surface area contributed by atoms with Crippen molar-refractivity contribution in [3.63, 3.8) is 0 Å². The quantitative estimate of drug-likeness (QED) is 0.786. The second-order valence-electron chi connectivity index (χ2n) is 5.46. The summed E-state index contributed by atoms with van der Waals surface area (Å²) in [7, 11) is 0. The molecule has 0 radical (unpaired) electrons. The number of hydrogen-bond donors (Lipinski definition) is 2. The van der Waals surface area contributed by atoms with E-state index in [1.54, 1.807) is 24.5 Å². The van der Waals surface area contributed by atoms with Crippen LogP contribution in [0.4, 0.5) is 0 Å². The largest absolute Gasteiger partial charge is 0.273 e. The van der Waals surface area contributed by atoms with Crippen LogP contribution in [0.1, 0.15) is 36.0 Å². The van der Waals surface area contributed by atoms with Gasteiger partial charge in [-0.15, -0.1) is 0 Å². The van der Waals surface area contributed by atoms with Crippen LogP contribution in [0.2, 0.25) is 0 Å². The Bertz CT molecular complexity index is 489. The first-order chi connectivity index (χ1) is 9.24. The van der Waals surface area contributed by atoms with E-state index in [-0.39, 0.29) is 17.7 Å². The highest BCUT2D eigenvalue weighted by Crippen LogP contribution is 2.48. The number of amides is 2. The summed E-state index contributed by atoms with van der Waals surface area (Å²) < 4.78 is 0. The van der Waals surface area contributed by atoms with E-state index in [4.69, 9.17) is 0 Å². The fraction of sp³-hybridized carbons (Fsp3) is 0.500. The minimum atomic E-state index is -0.307. The van der Waals surface area contributed by atoms with Gasteiger partial charge in [0.1, 0.15) is 0 Å². The Balaban J connectivity index is 1.52. The molecule has 0 unspecified atom stereocenters. The minimum absolute atomic E-state index is 0.0467. The second-order valence-corrected chi connectivity index (χ2v) is 5.46. The van der Waals surface area contributed by atoms with E-state index >= 15 is 0 Å². The predicted molar refractivity (Wildman–Crippen MR) is 68.8 cm³/mol. The molecule has 2 aliphatic carbocycles. The standard InChI is InChI=1S/C14H17N3O2/c18-13(10-3-5-15-6-4-10)16-17-14(19)12-8-9-1-2-11(12)7-9/h3-6,9,11-12H,1-2,7-8H2,(H,16,18)(H,17,19)/t9-,11+,12+/m0/s1. The first-order valence-electron chi connectivity index (χ1n) is 6.74. The number of nitrogens with zero attached hydrogens (tertiary/aromatic N) is 1. The third-order valence-electron chi connectivity index (χ3n) is 4.32. The molecular formula is C14H17N3O2. The van der Waals surface area contributed by atoms with Gasteiger partial charge in [0.05, 0.1) is 0 Å². The van der Waals surface area contributed by atoms with Gasteiger partial charge in [0.2, 0.25) is 5.91 Å². The van der Waals surface area contributed by atoms with Crippen LogP contribution in [0.15, 0.2) is 24.5 Å². The van der Waals surface area contributed by atoms with Crippen LogP contribution < -0.4 is 10.9 Å². The predicted octanol–water partition coefficient (Wildman–Crippen LogP) is 1.28. The van der Waals surface area contributed by atoms with Crippen LogP contribution in [0, 0.1) is 17.8 Å². The van der Waals surface area contributed by atoms with Gasteiger partial charge in [-0.1, -0.05) is 6.42 Å². The molecule has 3 rings (SSSR count). The molecule has 1 heterocycles. The van der Waals surface area contributed by atoms with Crippen molar-refractivity contribution in [2.75, 3.05) is 0 Å². The lowest BCUT2D eigenvalue weighted by Crippen LogP contribution is -2.45. The number of hydrogen-bond acceptors (Lipinski definition) is 3. The maximum Gasteiger partial charge on any atom is 0.269 e. The second kappa shape index (κ2) is 4.99. The van der Waals surface area contributed by atoms with Gasteiger partial charge in [0, 0.05) is 23.9 Å². The lowest BCUT2D eigenvalue weighted by Gasteiger charge is -2.20. The average molecular weight is 259 g/mol. The number of pyridine rings is 1. The lowest BCUT2D eigenvalue weighted by atomic mass is 9.88. The molecule has 2 amide bonds. The molecule has 19 heavy (non-hydrogen) atoms. The number of nitrogens with one attached hydrogen (secondary N) is 2. The van der Waals surface area contributed by atoms with Crippen LogP contribution >= 0.6 is 0 Å². The molecule has 2 bridgehead atoms. The van der Waals surface area contributed by atoms with Gasteiger partial charge in [-0.05, 0) is 43.2 Å². The Morgan fingerprint density at radius 3 is 2.53 bits per heavy atom. The molecule has 1 aromatic heterocycles. The van der Waals surface area contributed by atoms with E-state index in [1.807, 2.05) is 0 Å². The van der Waals surface area contributed by atoms with Crippen LogP contribution in [0.3, 0.4) is 0 Å². The first-order valence-corrected chi connectivity index (χ1v) is 6.74. The van der Waals surface area contributed by atoms with Gasteiger partial charge >= 0.3 is 0 Å². The van der Waals surface area contributed by atoms with Gasteiger partial charge < -0.3 is 0 Å². The zero-order valence-corrected chi connectivity index (χ0v) is 10.6. The van der Waals surface area contributed by atoms with Gasteiger partial charge in [0.25, 0.3) is 5.91 Å². The molecule has 0 spiro atoms. The average Bonchev–Trinajstić information content (AvgIpc) is 3.08. The summed E-state index contributed by atoms with van der Waals surface area (Å²) >= 11 is 0. The normalized spacial score (nSPS) is 28.1. The first kappa shape index (κ1) is 12.1. The van der Waals surface area contributed by atoms with Crippen LogP contribution in [0.5, 0.6) is 0 Å². The smallest absolute Gasteiger partial charge is 0.269 e. The number of hydrazine groups is 1. The molecule has 2 fully saturated rings. The van der Waals surface area contributed by atoms with Gasteiger partial charge in [-0.2, -0.15) is 0 Å². The molecule has 1 aromatic rings. The Labute approximate surface area is 111 Å². The van der Waals surface area contributed by atoms with Crippen molar-refractivity contribution < 1.29 is 9.59 Å². The molecule has 5 heteroatoms. The van der Waals surface area contributed by atoms with E-state index in [9.17, 15) is 9.59 Å². The molecule has 5 nitrogen and oxygen atoms in total. The summed E-state index contributed by atoms with van der Waals surface area (Å²) in [4.78, 5) is 27.6. The van der Waals surface area contributed by atoms with E-state index in [1.165, 1.54) is 12.8 Å². The van der Waals surface area contributed by atoms with E-state index in [2.05, 4.69) is 15.8 Å². The summed E-state index contributed by atoms with van der Waals surface area (Å²) in [6.07, 6.45) is 7.66. The van der Waals surface area contributed by atoms with Crippen molar-refractivity contribution in [3.8, 4) is 0 Å². The number of fused-ring (bicyclic) bond motifs is 2. The highest BCUT2D eigenvalue weighted by molar-refractivity contribution is 5.95. The van der Waals surface area contributed by atoms with Crippen LogP contribution in [-0.2, 0) is 4.79 Å². The Morgan fingerprint density at radius 2 is 1.89 bits per heavy atom. The number of aromatic nitrogens is 1. The molecule has 0 saturated heterocycles. The number of carbonyl (C=O) groups is 2. The summed E-state index contributed by atoms with van der Waals surface area (Å²) in [5.41, 5.74) is 5.51. The summed E-state index contributed by atoms with van der Waals surface area (Å²) in [5.74, 6) is 0.962. The lowest BCUT2D eigenvalue weighted by molar-refractivity contribution is -0.127. The van der Waals surface area contributed by atoms with Crippen molar-refractivity contribution in [2.24, 2.45) is 17.8 Å². The molecule has 2 aliphatic rings. The molecule has 2 N–H and O–H groups in total. The molecule has 3 atom stereocenters. The Hall–Kier alpha value is -1.91. The van der Waals surface area contributed by atoms with Crippen molar-refractivity contribution in [2.45, 2.75) is 25.7 Å². The third kappa shape index (κ3) is 2.45. The zero-order chi connectivity index (χ0) is 13.2. The van der Waals surface area contributed by atoms with Crippen molar-refractivity contribution in [1.82, 2.24) is 15.8 Å². The molecular weight excluding hydrogens is 242 g/mol. The van der Waals surface area contributed by atoms with Gasteiger partial charge in [0.15, 0.2) is 0 Å². The van der Waals surface area contributed by atoms with E-state index < -0.39 is 0 Å². The Morgan fingerprint density at radius 1 is 1.11 bits per heavy atom. The zero-order valence-electron chi connectivity index (χ0n) is 10.6. The molecule has 2 saturated carbocycles. The number of carbonyl (C=O) groups excluding carboxylic acids is 2. The van der Waals surface area contributed by atoms with E-state index in [0.29, 0.717) is 11.5 Å². The minimum Gasteiger partial charge on any atom is -0.273 e. The summed E-state index contributed by atoms with van der Waals surface area (Å²) in [6, 6.07) is 3.22. The third-order valence-corrected chi connectivity index (χ3v) is 4.32. The van der Waals surface area contributed by atoms with Crippen molar-refractivity contribution in [3.05, 3.63) is 30.1 Å². The SMILES string of the molecule is O=C(NNC(=O)[C@@H]1C[C@H]2CC[C@@H]1C2)c1ccncc1. The van der Waals surface area contributed by atoms with Crippen molar-refractivity contribution in [1.29, 1.82) is 0 Å². The Kier molecular flexibility index (Phi) is 3.19. The van der Waals surface area contributed by atoms with Gasteiger partial charge in [-0.3, -0.25) is 25.4 Å². The molecule has 100 valence electrons. The topological polar surface area (TPSA) is 71.1 Å². The van der Waals surface area contributed by atoms with Crippen LogP contribution in [-0.4, -0.2) is 16.8 Å². The fourth-order valence-electron chi connectivity index (χ4n) is 3.35. The van der Waals surface area contributed by atoms with Crippen LogP contribution in [0.25, 0.3) is 0 Å². The highest BCUT2D eigenvalue weighted by atomic mass is 16.2. The number of rotatable bonds is 2. The summed E-state index contributed by atoms with van der Waals surface area (Å²) in [6.45, 7) is 0. The van der Waals surface area contributed by atoms with Gasteiger partial charge in [-0.25, -0.2) is 0 Å². The summed E-state index contributed by atoms with van der Waals surface area (Å²) in [5, 5.41) is 0. The van der Waals surface area contributed by atoms with Crippen molar-refractivity contribution >= 4 is 11.8 Å². The molecule has 0 aromatic carbocycles. The highest BCUT2D eigenvalue weighted by Gasteiger charge is 2.43. The maximum absolute atomic E-state index is 12.0. The monoisotopic (exact) mass is 259 g/mol.